The van der Waals surface area contributed by atoms with Crippen LogP contribution in [0.2, 0.25) is 0 Å². The maximum Gasteiger partial charge on any atom is 0.146 e. The standard InChI is InChI=1S/C17H23NO2S/c1-12(2)17-6-5-15(9-13(17)3)19-7-8-21-11-16-10-14(4)18-20-16/h5-6,9-10,12H,7-8,11H2,1-4H3. The summed E-state index contributed by atoms with van der Waals surface area (Å²) in [5.74, 6) is 4.21. The Morgan fingerprint density at radius 1 is 1.24 bits per heavy atom. The molecule has 0 N–H and O–H groups in total. The number of thioether (sulfide) groups is 1. The van der Waals surface area contributed by atoms with E-state index in [0.29, 0.717) is 12.5 Å². The van der Waals surface area contributed by atoms with Gasteiger partial charge in [-0.2, -0.15) is 11.8 Å². The Balaban J connectivity index is 1.72. The van der Waals surface area contributed by atoms with E-state index in [1.54, 1.807) is 11.8 Å². The summed E-state index contributed by atoms with van der Waals surface area (Å²) in [6.07, 6.45) is 0. The van der Waals surface area contributed by atoms with E-state index in [9.17, 15) is 0 Å². The van der Waals surface area contributed by atoms with Crippen LogP contribution in [-0.2, 0) is 5.75 Å². The predicted molar refractivity (Wildman–Crippen MR) is 88.2 cm³/mol. The third-order valence-electron chi connectivity index (χ3n) is 3.28. The lowest BCUT2D eigenvalue weighted by atomic mass is 9.98. The van der Waals surface area contributed by atoms with Crippen LogP contribution in [0.25, 0.3) is 0 Å². The van der Waals surface area contributed by atoms with Crippen LogP contribution in [-0.4, -0.2) is 17.5 Å². The monoisotopic (exact) mass is 305 g/mol. The van der Waals surface area contributed by atoms with Gasteiger partial charge in [-0.3, -0.25) is 0 Å². The number of rotatable bonds is 7. The van der Waals surface area contributed by atoms with E-state index in [1.807, 2.05) is 13.0 Å². The van der Waals surface area contributed by atoms with E-state index < -0.39 is 0 Å². The lowest BCUT2D eigenvalue weighted by molar-refractivity contribution is 0.343. The minimum Gasteiger partial charge on any atom is -0.493 e. The molecule has 0 bridgehead atoms. The molecule has 3 nitrogen and oxygen atoms in total. The highest BCUT2D eigenvalue weighted by atomic mass is 32.2. The molecule has 0 spiro atoms. The number of aryl methyl sites for hydroxylation is 2. The quantitative estimate of drug-likeness (QED) is 0.693. The van der Waals surface area contributed by atoms with E-state index in [0.717, 1.165) is 28.7 Å². The third-order valence-corrected chi connectivity index (χ3v) is 4.22. The second-order valence-electron chi connectivity index (χ2n) is 5.51. The van der Waals surface area contributed by atoms with Gasteiger partial charge < -0.3 is 9.26 Å². The molecule has 0 fully saturated rings. The first kappa shape index (κ1) is 16.0. The molecule has 4 heteroatoms. The molecule has 114 valence electrons. The fourth-order valence-electron chi connectivity index (χ4n) is 2.26. The summed E-state index contributed by atoms with van der Waals surface area (Å²) < 4.78 is 11.0. The van der Waals surface area contributed by atoms with Crippen molar-refractivity contribution in [3.8, 4) is 5.75 Å². The average Bonchev–Trinajstić information content (AvgIpc) is 2.84. The molecule has 1 heterocycles. The molecule has 0 radical (unpaired) electrons. The summed E-state index contributed by atoms with van der Waals surface area (Å²) in [6, 6.07) is 8.33. The molecule has 0 aliphatic rings. The fourth-order valence-corrected chi connectivity index (χ4v) is 2.94. The van der Waals surface area contributed by atoms with Crippen molar-refractivity contribution in [2.75, 3.05) is 12.4 Å². The minimum atomic E-state index is 0.556. The van der Waals surface area contributed by atoms with Crippen molar-refractivity contribution >= 4 is 11.8 Å². The van der Waals surface area contributed by atoms with Gasteiger partial charge in [-0.05, 0) is 43.0 Å². The summed E-state index contributed by atoms with van der Waals surface area (Å²) in [6.45, 7) is 9.21. The fraction of sp³-hybridized carbons (Fsp3) is 0.471. The van der Waals surface area contributed by atoms with E-state index in [1.165, 1.54) is 11.1 Å². The number of hydrogen-bond acceptors (Lipinski definition) is 4. The Kier molecular flexibility index (Phi) is 5.74. The molecule has 0 saturated heterocycles. The molecule has 0 unspecified atom stereocenters. The highest BCUT2D eigenvalue weighted by Crippen LogP contribution is 2.23. The van der Waals surface area contributed by atoms with Gasteiger partial charge in [0.15, 0.2) is 0 Å². The van der Waals surface area contributed by atoms with Crippen LogP contribution >= 0.6 is 11.8 Å². The van der Waals surface area contributed by atoms with Crippen LogP contribution < -0.4 is 4.74 Å². The van der Waals surface area contributed by atoms with Crippen LogP contribution in [0.15, 0.2) is 28.8 Å². The zero-order valence-electron chi connectivity index (χ0n) is 13.2. The third kappa shape index (κ3) is 4.81. The molecule has 1 aromatic heterocycles. The molecule has 2 aromatic rings. The Morgan fingerprint density at radius 2 is 2.05 bits per heavy atom. The predicted octanol–water partition coefficient (Wildman–Crippen LogP) is 4.73. The molecule has 21 heavy (non-hydrogen) atoms. The SMILES string of the molecule is Cc1cc(CSCCOc2ccc(C(C)C)c(C)c2)on1. The van der Waals surface area contributed by atoms with Gasteiger partial charge in [0.25, 0.3) is 0 Å². The number of nitrogens with zero attached hydrogens (tertiary/aromatic N) is 1. The molecule has 2 rings (SSSR count). The average molecular weight is 305 g/mol. The molecule has 1 aromatic carbocycles. The van der Waals surface area contributed by atoms with Crippen LogP contribution in [0.5, 0.6) is 5.75 Å². The number of benzene rings is 1. The highest BCUT2D eigenvalue weighted by Gasteiger charge is 2.05. The van der Waals surface area contributed by atoms with Gasteiger partial charge in [0.2, 0.25) is 0 Å². The van der Waals surface area contributed by atoms with Crippen molar-refractivity contribution in [1.82, 2.24) is 5.16 Å². The molecule has 0 saturated carbocycles. The maximum atomic E-state index is 5.80. The Labute approximate surface area is 131 Å². The van der Waals surface area contributed by atoms with Crippen molar-refractivity contribution in [3.63, 3.8) is 0 Å². The van der Waals surface area contributed by atoms with Crippen LogP contribution in [0, 0.1) is 13.8 Å². The summed E-state index contributed by atoms with van der Waals surface area (Å²) in [5.41, 5.74) is 3.62. The second kappa shape index (κ2) is 7.55. The Bertz CT molecular complexity index is 578. The van der Waals surface area contributed by atoms with Gasteiger partial charge in [0.1, 0.15) is 11.5 Å². The van der Waals surface area contributed by atoms with Gasteiger partial charge in [0, 0.05) is 11.8 Å². The zero-order valence-corrected chi connectivity index (χ0v) is 14.0. The summed E-state index contributed by atoms with van der Waals surface area (Å²) >= 11 is 1.79. The van der Waals surface area contributed by atoms with E-state index in [-0.39, 0.29) is 0 Å². The smallest absolute Gasteiger partial charge is 0.146 e. The van der Waals surface area contributed by atoms with Crippen molar-refractivity contribution in [2.45, 2.75) is 39.4 Å². The van der Waals surface area contributed by atoms with Crippen LogP contribution in [0.4, 0.5) is 0 Å². The van der Waals surface area contributed by atoms with Crippen molar-refractivity contribution < 1.29 is 9.26 Å². The largest absolute Gasteiger partial charge is 0.493 e. The molecular formula is C17H23NO2S. The topological polar surface area (TPSA) is 35.3 Å². The van der Waals surface area contributed by atoms with Crippen molar-refractivity contribution in [3.05, 3.63) is 46.8 Å². The van der Waals surface area contributed by atoms with Crippen molar-refractivity contribution in [1.29, 1.82) is 0 Å². The Morgan fingerprint density at radius 3 is 2.67 bits per heavy atom. The molecule has 0 aliphatic carbocycles. The first-order valence-electron chi connectivity index (χ1n) is 7.29. The first-order valence-corrected chi connectivity index (χ1v) is 8.45. The Hall–Kier alpha value is -1.42. The second-order valence-corrected chi connectivity index (χ2v) is 6.61. The van der Waals surface area contributed by atoms with Gasteiger partial charge in [-0.25, -0.2) is 0 Å². The normalized spacial score (nSPS) is 11.1. The number of ether oxygens (including phenoxy) is 1. The van der Waals surface area contributed by atoms with E-state index in [4.69, 9.17) is 9.26 Å². The molecular weight excluding hydrogens is 282 g/mol. The van der Waals surface area contributed by atoms with Gasteiger partial charge in [-0.15, -0.1) is 0 Å². The minimum absolute atomic E-state index is 0.556. The van der Waals surface area contributed by atoms with Crippen LogP contribution in [0.3, 0.4) is 0 Å². The summed E-state index contributed by atoms with van der Waals surface area (Å²) in [4.78, 5) is 0. The van der Waals surface area contributed by atoms with E-state index >= 15 is 0 Å². The van der Waals surface area contributed by atoms with Gasteiger partial charge in [-0.1, -0.05) is 25.1 Å². The number of aromatic nitrogens is 1. The number of hydrogen-bond donors (Lipinski definition) is 0. The molecule has 0 amide bonds. The van der Waals surface area contributed by atoms with Gasteiger partial charge in [0.05, 0.1) is 18.1 Å². The highest BCUT2D eigenvalue weighted by molar-refractivity contribution is 7.98. The summed E-state index contributed by atoms with van der Waals surface area (Å²) in [5, 5.41) is 3.88. The van der Waals surface area contributed by atoms with Crippen molar-refractivity contribution in [2.24, 2.45) is 0 Å². The van der Waals surface area contributed by atoms with Crippen LogP contribution in [0.1, 0.15) is 42.3 Å². The lowest BCUT2D eigenvalue weighted by Crippen LogP contribution is -2.01. The summed E-state index contributed by atoms with van der Waals surface area (Å²) in [7, 11) is 0. The molecule has 0 atom stereocenters. The zero-order chi connectivity index (χ0) is 15.2. The maximum absolute atomic E-state index is 5.80. The first-order chi connectivity index (χ1) is 10.1. The molecule has 0 aliphatic heterocycles. The van der Waals surface area contributed by atoms with E-state index in [2.05, 4.69) is 44.1 Å². The lowest BCUT2D eigenvalue weighted by Gasteiger charge is -2.12. The van der Waals surface area contributed by atoms with Gasteiger partial charge >= 0.3 is 0 Å².